The Morgan fingerprint density at radius 3 is 2.25 bits per heavy atom. The number of ether oxygens (including phenoxy) is 5. The minimum Gasteiger partial charge on any atom is -0.460 e. The molecular formula is C51H79NO13. The van der Waals surface area contributed by atoms with Crippen molar-refractivity contribution < 1.29 is 63.0 Å². The van der Waals surface area contributed by atoms with Gasteiger partial charge >= 0.3 is 5.97 Å². The largest absolute Gasteiger partial charge is 0.460 e. The lowest BCUT2D eigenvalue weighted by Gasteiger charge is -2.42. The van der Waals surface area contributed by atoms with Crippen molar-refractivity contribution in [2.24, 2.45) is 35.5 Å². The minimum atomic E-state index is -2.43. The van der Waals surface area contributed by atoms with E-state index in [9.17, 15) is 39.3 Å². The van der Waals surface area contributed by atoms with Crippen LogP contribution in [0.1, 0.15) is 126 Å². The number of piperidine rings is 1. The maximum atomic E-state index is 14.4. The van der Waals surface area contributed by atoms with E-state index in [1.54, 1.807) is 41.1 Å². The average molecular weight is 914 g/mol. The van der Waals surface area contributed by atoms with Crippen molar-refractivity contribution in [3.05, 3.63) is 47.6 Å². The summed E-state index contributed by atoms with van der Waals surface area (Å²) in [6, 6.07) is -1.14. The number of carbonyl (C=O) groups is 5. The first kappa shape index (κ1) is 54.2. The van der Waals surface area contributed by atoms with Gasteiger partial charge in [0, 0.05) is 58.5 Å². The molecule has 3 aliphatic heterocycles. The number of carbonyl (C=O) groups excluding carboxylic acids is 5. The summed E-state index contributed by atoms with van der Waals surface area (Å²) in [4.78, 5) is 71.8. The monoisotopic (exact) mass is 914 g/mol. The van der Waals surface area contributed by atoms with Crippen LogP contribution in [-0.2, 0) is 47.7 Å². The molecule has 1 aliphatic carbocycles. The van der Waals surface area contributed by atoms with Crippen molar-refractivity contribution in [1.82, 2.24) is 4.90 Å². The van der Waals surface area contributed by atoms with Gasteiger partial charge in [-0.15, -0.1) is 0 Å². The summed E-state index contributed by atoms with van der Waals surface area (Å²) in [5.41, 5.74) is 1.27. The van der Waals surface area contributed by atoms with Gasteiger partial charge in [0.15, 0.2) is 5.78 Å². The van der Waals surface area contributed by atoms with E-state index in [2.05, 4.69) is 0 Å². The van der Waals surface area contributed by atoms with Crippen LogP contribution in [0.4, 0.5) is 0 Å². The van der Waals surface area contributed by atoms with Gasteiger partial charge in [-0.3, -0.25) is 19.2 Å². The zero-order chi connectivity index (χ0) is 48.2. The van der Waals surface area contributed by atoms with Gasteiger partial charge in [0.2, 0.25) is 5.79 Å². The summed E-state index contributed by atoms with van der Waals surface area (Å²) in [5.74, 6) is -7.96. The second-order valence-corrected chi connectivity index (χ2v) is 19.6. The number of allylic oxidation sites excluding steroid dienone is 6. The number of esters is 1. The Balaban J connectivity index is 1.70. The Morgan fingerprint density at radius 2 is 1.57 bits per heavy atom. The van der Waals surface area contributed by atoms with Crippen LogP contribution in [0, 0.1) is 35.5 Å². The topological polar surface area (TPSA) is 195 Å². The van der Waals surface area contributed by atoms with Crippen LogP contribution in [0.2, 0.25) is 0 Å². The summed E-state index contributed by atoms with van der Waals surface area (Å²) in [7, 11) is 4.52. The summed E-state index contributed by atoms with van der Waals surface area (Å²) < 4.78 is 29.4. The van der Waals surface area contributed by atoms with Gasteiger partial charge < -0.3 is 43.9 Å². The highest BCUT2D eigenvalue weighted by Gasteiger charge is 2.53. The van der Waals surface area contributed by atoms with E-state index < -0.39 is 83.9 Å². The Labute approximate surface area is 387 Å². The lowest BCUT2D eigenvalue weighted by atomic mass is 9.78. The molecule has 4 rings (SSSR count). The van der Waals surface area contributed by atoms with Crippen molar-refractivity contribution in [3.63, 3.8) is 0 Å². The van der Waals surface area contributed by atoms with Gasteiger partial charge in [-0.05, 0) is 107 Å². The first-order chi connectivity index (χ1) is 30.7. The predicted molar refractivity (Wildman–Crippen MR) is 245 cm³/mol. The molecule has 1 amide bonds. The first-order valence-electron chi connectivity index (χ1n) is 23.9. The highest BCUT2D eigenvalue weighted by molar-refractivity contribution is 6.39. The lowest BCUT2D eigenvalue weighted by molar-refractivity contribution is -0.265. The zero-order valence-electron chi connectivity index (χ0n) is 40.6. The normalized spacial score (nSPS) is 37.8. The molecule has 0 spiro atoms. The lowest BCUT2D eigenvalue weighted by Crippen LogP contribution is -2.61. The smallest absolute Gasteiger partial charge is 0.329 e. The number of fused-ring (bicyclic) bond motifs is 3. The van der Waals surface area contributed by atoms with Crippen LogP contribution < -0.4 is 0 Å². The van der Waals surface area contributed by atoms with E-state index >= 15 is 0 Å². The van der Waals surface area contributed by atoms with Crippen molar-refractivity contribution in [2.45, 2.75) is 180 Å². The standard InChI is InChI=1S/C51H79NO13/c1-30-16-12-11-13-17-31(2)42(61-8)28-38-21-19-36(7)51(60,65-38)48(57)49(58)52-23-15-14-18-39(52)50(59)64-43(33(4)26-37-20-22-40(53)44(27-37)62-9)29-41(54)32(3)25-35(6)46(56)47(63-10)45(55)34(5)24-30/h11-13,16-17,25,30,32-34,36-40,42-44,46-47,53,56,60H,14-15,18-24,26-29H2,1-10H3/t30-,32-,33-,34-,36-,37-,38+,39+,40-,42+,43+,44-,46-,47+,51-/m1/s1. The number of nitrogens with zero attached hydrogens (tertiary/aromatic N) is 1. The highest BCUT2D eigenvalue weighted by atomic mass is 16.6. The third-order valence-corrected chi connectivity index (χ3v) is 14.5. The van der Waals surface area contributed by atoms with Crippen molar-refractivity contribution in [1.29, 1.82) is 0 Å². The number of ketones is 3. The Morgan fingerprint density at radius 1 is 0.846 bits per heavy atom. The Kier molecular flexibility index (Phi) is 21.0. The molecule has 1 saturated carbocycles. The summed E-state index contributed by atoms with van der Waals surface area (Å²) in [6.45, 7) is 12.7. The maximum Gasteiger partial charge on any atom is 0.329 e. The van der Waals surface area contributed by atoms with Crippen molar-refractivity contribution >= 4 is 29.2 Å². The molecule has 0 radical (unpaired) electrons. The molecule has 14 nitrogen and oxygen atoms in total. The molecule has 4 aliphatic rings. The van der Waals surface area contributed by atoms with Gasteiger partial charge in [0.1, 0.15) is 30.1 Å². The molecule has 0 aromatic rings. The number of hydrogen-bond donors (Lipinski definition) is 3. The fourth-order valence-corrected chi connectivity index (χ4v) is 10.1. The number of methoxy groups -OCH3 is 3. The number of cyclic esters (lactones) is 1. The van der Waals surface area contributed by atoms with Crippen molar-refractivity contribution in [3.8, 4) is 0 Å². The SMILES string of the molecule is CO[C@H]1C[C@@H]2CC[C@@H](C)[C@@](O)(O2)C(=O)C(=O)N2CCCC[C@H]2C(=O)O[C@H]([C@H](C)C[C@H]2CC[C@@H](O)[C@H](OC)C2)CC(=O)[C@H](C)C=C(C)[C@@H](O)[C@@H](OC)C(=O)[C@H](C)C[C@H](C)C=CC=CC=C1C. The molecule has 0 unspecified atom stereocenters. The van der Waals surface area contributed by atoms with Crippen LogP contribution in [0.3, 0.4) is 0 Å². The van der Waals surface area contributed by atoms with Gasteiger partial charge in [-0.25, -0.2) is 4.79 Å². The molecule has 0 aromatic heterocycles. The summed E-state index contributed by atoms with van der Waals surface area (Å²) >= 11 is 0. The summed E-state index contributed by atoms with van der Waals surface area (Å²) in [5, 5.41) is 33.8. The van der Waals surface area contributed by atoms with Crippen LogP contribution in [0.5, 0.6) is 0 Å². The summed E-state index contributed by atoms with van der Waals surface area (Å²) in [6.07, 6.45) is 11.2. The number of aliphatic hydroxyl groups is 3. The van der Waals surface area contributed by atoms with Gasteiger partial charge in [-0.2, -0.15) is 0 Å². The number of rotatable bonds is 6. The molecule has 15 atom stereocenters. The van der Waals surface area contributed by atoms with Crippen molar-refractivity contribution in [2.75, 3.05) is 27.9 Å². The van der Waals surface area contributed by atoms with E-state index in [4.69, 9.17) is 23.7 Å². The molecule has 366 valence electrons. The van der Waals surface area contributed by atoms with E-state index in [0.29, 0.717) is 63.4 Å². The molecule has 0 aromatic carbocycles. The Bertz CT molecular complexity index is 1760. The Hall–Kier alpha value is -3.37. The van der Waals surface area contributed by atoms with E-state index in [-0.39, 0.29) is 54.8 Å². The number of amides is 1. The zero-order valence-corrected chi connectivity index (χ0v) is 40.6. The fraction of sp³-hybridized carbons (Fsp3) is 0.745. The molecule has 2 saturated heterocycles. The highest BCUT2D eigenvalue weighted by Crippen LogP contribution is 2.38. The molecule has 2 bridgehead atoms. The minimum absolute atomic E-state index is 0.0193. The number of Topliss-reactive ketones (excluding diaryl/α,β-unsaturated/α-hetero) is 3. The van der Waals surface area contributed by atoms with Crippen LogP contribution in [0.25, 0.3) is 0 Å². The van der Waals surface area contributed by atoms with Gasteiger partial charge in [0.05, 0.1) is 24.4 Å². The number of hydrogen-bond acceptors (Lipinski definition) is 13. The van der Waals surface area contributed by atoms with E-state index in [0.717, 1.165) is 12.0 Å². The van der Waals surface area contributed by atoms with Crippen LogP contribution in [0.15, 0.2) is 47.6 Å². The maximum absolute atomic E-state index is 14.4. The molecule has 65 heavy (non-hydrogen) atoms. The second kappa shape index (κ2) is 25.1. The first-order valence-corrected chi connectivity index (χ1v) is 23.9. The molecule has 3 heterocycles. The van der Waals surface area contributed by atoms with Gasteiger partial charge in [0.25, 0.3) is 11.7 Å². The van der Waals surface area contributed by atoms with Crippen LogP contribution >= 0.6 is 0 Å². The third-order valence-electron chi connectivity index (χ3n) is 14.5. The molecule has 3 N–H and O–H groups in total. The predicted octanol–water partition coefficient (Wildman–Crippen LogP) is 6.18. The third kappa shape index (κ3) is 14.3. The van der Waals surface area contributed by atoms with Gasteiger partial charge in [-0.1, -0.05) is 71.1 Å². The van der Waals surface area contributed by atoms with E-state index in [1.807, 2.05) is 58.1 Å². The van der Waals surface area contributed by atoms with E-state index in [1.165, 1.54) is 12.0 Å². The quantitative estimate of drug-likeness (QED) is 0.156. The molecule has 14 heteroatoms. The second-order valence-electron chi connectivity index (χ2n) is 19.6. The molecule has 3 fully saturated rings. The number of aliphatic hydroxyl groups excluding tert-OH is 2. The molecular weight excluding hydrogens is 835 g/mol. The fourth-order valence-electron chi connectivity index (χ4n) is 10.1. The average Bonchev–Trinajstić information content (AvgIpc) is 3.28. The van der Waals surface area contributed by atoms with Crippen LogP contribution in [-0.4, -0.2) is 132 Å².